The smallest absolute Gasteiger partial charge is 0.343 e. The van der Waals surface area contributed by atoms with Gasteiger partial charge in [-0.05, 0) is 60.9 Å². The average Bonchev–Trinajstić information content (AvgIpc) is 2.90. The highest BCUT2D eigenvalue weighted by atomic mass is 16.5. The second-order valence-corrected chi connectivity index (χ2v) is 7.02. The van der Waals surface area contributed by atoms with Crippen LogP contribution in [0.2, 0.25) is 0 Å². The molecule has 2 heterocycles. The molecule has 0 atom stereocenters. The summed E-state index contributed by atoms with van der Waals surface area (Å²) in [6.07, 6.45) is 5.78. The summed E-state index contributed by atoms with van der Waals surface area (Å²) < 4.78 is 10.6. The van der Waals surface area contributed by atoms with Gasteiger partial charge in [0.05, 0.1) is 12.7 Å². The number of esters is 1. The summed E-state index contributed by atoms with van der Waals surface area (Å²) in [5.41, 5.74) is 1.62. The molecule has 1 saturated heterocycles. The molecule has 6 heteroatoms. The lowest BCUT2D eigenvalue weighted by Gasteiger charge is -2.14. The Balaban J connectivity index is 1.50. The number of benzene rings is 2. The quantitative estimate of drug-likeness (QED) is 0.448. The van der Waals surface area contributed by atoms with Crippen LogP contribution < -0.4 is 9.47 Å². The molecular formula is C23H22N2O4. The van der Waals surface area contributed by atoms with Gasteiger partial charge in [-0.3, -0.25) is 9.69 Å². The first-order valence-corrected chi connectivity index (χ1v) is 9.71. The molecule has 0 aliphatic carbocycles. The Morgan fingerprint density at radius 1 is 1.07 bits per heavy atom. The molecular weight excluding hydrogens is 368 g/mol. The van der Waals surface area contributed by atoms with Gasteiger partial charge in [0.25, 0.3) is 5.91 Å². The highest BCUT2D eigenvalue weighted by Crippen LogP contribution is 2.25. The number of nitrogens with zero attached hydrogens (tertiary/aromatic N) is 2. The maximum Gasteiger partial charge on any atom is 0.343 e. The fourth-order valence-corrected chi connectivity index (χ4v) is 3.47. The van der Waals surface area contributed by atoms with Gasteiger partial charge in [0.15, 0.2) is 0 Å². The van der Waals surface area contributed by atoms with E-state index in [2.05, 4.69) is 4.99 Å². The zero-order valence-electron chi connectivity index (χ0n) is 16.3. The minimum atomic E-state index is -0.456. The third-order valence-electron chi connectivity index (χ3n) is 5.01. The Kier molecular flexibility index (Phi) is 5.42. The zero-order chi connectivity index (χ0) is 20.2. The van der Waals surface area contributed by atoms with E-state index in [1.807, 2.05) is 6.07 Å². The molecule has 29 heavy (non-hydrogen) atoms. The van der Waals surface area contributed by atoms with E-state index in [9.17, 15) is 9.59 Å². The number of carbonyl (C=O) groups excluding carboxylic acids is 2. The predicted octanol–water partition coefficient (Wildman–Crippen LogP) is 4.07. The second kappa shape index (κ2) is 8.31. The van der Waals surface area contributed by atoms with Gasteiger partial charge in [-0.25, -0.2) is 9.79 Å². The third-order valence-corrected chi connectivity index (χ3v) is 5.01. The Morgan fingerprint density at radius 2 is 1.90 bits per heavy atom. The van der Waals surface area contributed by atoms with Crippen molar-refractivity contribution >= 4 is 23.8 Å². The summed E-state index contributed by atoms with van der Waals surface area (Å²) in [6, 6.07) is 13.8. The average molecular weight is 390 g/mol. The van der Waals surface area contributed by atoms with Crippen molar-refractivity contribution in [2.75, 3.05) is 13.7 Å². The van der Waals surface area contributed by atoms with Crippen LogP contribution >= 0.6 is 0 Å². The molecule has 0 saturated carbocycles. The summed E-state index contributed by atoms with van der Waals surface area (Å²) in [5, 5.41) is 0. The van der Waals surface area contributed by atoms with Crippen LogP contribution in [0.1, 0.15) is 41.6 Å². The van der Waals surface area contributed by atoms with Crippen molar-refractivity contribution in [2.24, 2.45) is 4.99 Å². The van der Waals surface area contributed by atoms with Gasteiger partial charge in [0.2, 0.25) is 0 Å². The molecule has 2 aliphatic heterocycles. The molecule has 6 nitrogen and oxygen atoms in total. The van der Waals surface area contributed by atoms with E-state index in [1.165, 1.54) is 0 Å². The predicted molar refractivity (Wildman–Crippen MR) is 110 cm³/mol. The van der Waals surface area contributed by atoms with Gasteiger partial charge in [0, 0.05) is 13.0 Å². The van der Waals surface area contributed by atoms with Crippen molar-refractivity contribution in [3.05, 3.63) is 65.4 Å². The van der Waals surface area contributed by atoms with E-state index in [0.717, 1.165) is 43.6 Å². The van der Waals surface area contributed by atoms with E-state index >= 15 is 0 Å². The molecule has 148 valence electrons. The molecule has 2 aromatic rings. The molecule has 0 N–H and O–H groups in total. The largest absolute Gasteiger partial charge is 0.497 e. The van der Waals surface area contributed by atoms with Crippen molar-refractivity contribution in [1.82, 2.24) is 4.90 Å². The molecule has 0 aromatic heterocycles. The van der Waals surface area contributed by atoms with Crippen LogP contribution in [0.15, 0.2) is 59.2 Å². The number of carbonyl (C=O) groups is 2. The lowest BCUT2D eigenvalue weighted by Crippen LogP contribution is -2.31. The summed E-state index contributed by atoms with van der Waals surface area (Å²) >= 11 is 0. The van der Waals surface area contributed by atoms with Crippen molar-refractivity contribution < 1.29 is 19.1 Å². The maximum atomic E-state index is 12.6. The van der Waals surface area contributed by atoms with E-state index in [0.29, 0.717) is 22.8 Å². The summed E-state index contributed by atoms with van der Waals surface area (Å²) in [7, 11) is 1.57. The van der Waals surface area contributed by atoms with E-state index < -0.39 is 5.97 Å². The zero-order valence-corrected chi connectivity index (χ0v) is 16.3. The SMILES string of the molecule is COc1ccc(C(=O)Oc2cccc(/C=C3\N=C4CCCCCN4C3=O)c2)cc1. The first-order valence-electron chi connectivity index (χ1n) is 9.71. The van der Waals surface area contributed by atoms with Gasteiger partial charge >= 0.3 is 5.97 Å². The maximum absolute atomic E-state index is 12.6. The van der Waals surface area contributed by atoms with Gasteiger partial charge in [-0.1, -0.05) is 18.6 Å². The topological polar surface area (TPSA) is 68.2 Å². The van der Waals surface area contributed by atoms with Gasteiger partial charge < -0.3 is 9.47 Å². The van der Waals surface area contributed by atoms with Crippen LogP contribution in [0.4, 0.5) is 0 Å². The van der Waals surface area contributed by atoms with Crippen LogP contribution in [-0.4, -0.2) is 36.3 Å². The number of methoxy groups -OCH3 is 1. The fraction of sp³-hybridized carbons (Fsp3) is 0.261. The highest BCUT2D eigenvalue weighted by Gasteiger charge is 2.30. The van der Waals surface area contributed by atoms with Gasteiger partial charge in [-0.15, -0.1) is 0 Å². The van der Waals surface area contributed by atoms with E-state index in [4.69, 9.17) is 9.47 Å². The monoisotopic (exact) mass is 390 g/mol. The third kappa shape index (κ3) is 4.21. The number of aliphatic imine (C=N–C) groups is 1. The molecule has 0 radical (unpaired) electrons. The Morgan fingerprint density at radius 3 is 2.69 bits per heavy atom. The number of amides is 1. The van der Waals surface area contributed by atoms with E-state index in [-0.39, 0.29) is 5.91 Å². The summed E-state index contributed by atoms with van der Waals surface area (Å²) in [5.74, 6) is 1.43. The Hall–Kier alpha value is -3.41. The van der Waals surface area contributed by atoms with E-state index in [1.54, 1.807) is 60.6 Å². The molecule has 2 aliphatic rings. The van der Waals surface area contributed by atoms with Crippen LogP contribution in [0.5, 0.6) is 11.5 Å². The van der Waals surface area contributed by atoms with Crippen molar-refractivity contribution in [3.63, 3.8) is 0 Å². The summed E-state index contributed by atoms with van der Waals surface area (Å²) in [4.78, 5) is 31.3. The first kappa shape index (κ1) is 18.9. The first-order chi connectivity index (χ1) is 14.1. The molecule has 1 amide bonds. The van der Waals surface area contributed by atoms with Crippen molar-refractivity contribution in [2.45, 2.75) is 25.7 Å². The molecule has 0 spiro atoms. The Labute approximate surface area is 169 Å². The number of hydrogen-bond acceptors (Lipinski definition) is 5. The molecule has 2 aromatic carbocycles. The fourth-order valence-electron chi connectivity index (χ4n) is 3.47. The lowest BCUT2D eigenvalue weighted by molar-refractivity contribution is -0.122. The van der Waals surface area contributed by atoms with Crippen molar-refractivity contribution in [3.8, 4) is 11.5 Å². The van der Waals surface area contributed by atoms with Gasteiger partial charge in [0.1, 0.15) is 23.0 Å². The van der Waals surface area contributed by atoms with Crippen LogP contribution in [0.25, 0.3) is 6.08 Å². The highest BCUT2D eigenvalue weighted by molar-refractivity contribution is 6.14. The minimum Gasteiger partial charge on any atom is -0.497 e. The lowest BCUT2D eigenvalue weighted by atomic mass is 10.1. The number of hydrogen-bond donors (Lipinski definition) is 0. The number of amidine groups is 1. The second-order valence-electron chi connectivity index (χ2n) is 7.02. The number of fused-ring (bicyclic) bond motifs is 1. The van der Waals surface area contributed by atoms with Gasteiger partial charge in [-0.2, -0.15) is 0 Å². The van der Waals surface area contributed by atoms with Crippen LogP contribution in [0.3, 0.4) is 0 Å². The molecule has 0 bridgehead atoms. The standard InChI is InChI=1S/C23H22N2O4/c1-28-18-11-9-17(10-12-18)23(27)29-19-7-5-6-16(14-19)15-20-22(26)25-13-4-2-3-8-21(25)24-20/h5-7,9-12,14-15H,2-4,8,13H2,1H3/b20-15-. The van der Waals surface area contributed by atoms with Crippen molar-refractivity contribution in [1.29, 1.82) is 0 Å². The van der Waals surface area contributed by atoms with Crippen LogP contribution in [-0.2, 0) is 4.79 Å². The number of ether oxygens (including phenoxy) is 2. The molecule has 4 rings (SSSR count). The summed E-state index contributed by atoms with van der Waals surface area (Å²) in [6.45, 7) is 0.731. The number of rotatable bonds is 4. The molecule has 0 unspecified atom stereocenters. The van der Waals surface area contributed by atoms with Crippen LogP contribution in [0, 0.1) is 0 Å². The normalized spacial score (nSPS) is 17.6. The Bertz CT molecular complexity index is 992. The molecule has 1 fully saturated rings. The minimum absolute atomic E-state index is 0.0532.